The predicted molar refractivity (Wildman–Crippen MR) is 100 cm³/mol. The highest BCUT2D eigenvalue weighted by Crippen LogP contribution is 2.27. The number of H-pyrrole nitrogens is 1. The van der Waals surface area contributed by atoms with Crippen molar-refractivity contribution < 1.29 is 8.91 Å². The fourth-order valence-corrected chi connectivity index (χ4v) is 3.66. The molecule has 1 unspecified atom stereocenters. The second-order valence-corrected chi connectivity index (χ2v) is 7.54. The number of nitrogens with zero attached hydrogens (tertiary/aromatic N) is 3. The molecule has 7 heteroatoms. The van der Waals surface area contributed by atoms with E-state index < -0.39 is 5.82 Å². The number of piperidine rings is 1. The number of benzene rings is 1. The Hall–Kier alpha value is -2.54. The van der Waals surface area contributed by atoms with Crippen molar-refractivity contribution >= 4 is 10.9 Å². The molecule has 1 atom stereocenters. The zero-order valence-electron chi connectivity index (χ0n) is 15.5. The fraction of sp³-hybridized carbons (Fsp3) is 0.450. The molecule has 1 fully saturated rings. The maximum atomic E-state index is 14.1. The second kappa shape index (κ2) is 7.23. The van der Waals surface area contributed by atoms with Crippen LogP contribution in [0.2, 0.25) is 0 Å². The predicted octanol–water partition coefficient (Wildman–Crippen LogP) is 3.55. The van der Waals surface area contributed by atoms with Crippen LogP contribution < -0.4 is 5.43 Å². The van der Waals surface area contributed by atoms with E-state index in [0.29, 0.717) is 23.5 Å². The number of pyridine rings is 1. The number of fused-ring (bicyclic) bond motifs is 1. The third kappa shape index (κ3) is 3.64. The topological polar surface area (TPSA) is 75.0 Å². The molecule has 4 rings (SSSR count). The zero-order chi connectivity index (χ0) is 19.0. The van der Waals surface area contributed by atoms with Crippen molar-refractivity contribution in [3.05, 3.63) is 57.7 Å². The summed E-state index contributed by atoms with van der Waals surface area (Å²) in [5, 5.41) is 4.44. The molecule has 2 aromatic heterocycles. The molecule has 1 aliphatic rings. The molecule has 0 aliphatic carbocycles. The van der Waals surface area contributed by atoms with Gasteiger partial charge >= 0.3 is 0 Å². The van der Waals surface area contributed by atoms with Crippen LogP contribution in [0.5, 0.6) is 0 Å². The lowest BCUT2D eigenvalue weighted by Crippen LogP contribution is -2.34. The number of likely N-dealkylation sites (tertiary alicyclic amines) is 1. The van der Waals surface area contributed by atoms with Crippen LogP contribution in [0.25, 0.3) is 10.9 Å². The van der Waals surface area contributed by atoms with E-state index in [2.05, 4.69) is 20.0 Å². The van der Waals surface area contributed by atoms with Crippen molar-refractivity contribution in [3.8, 4) is 0 Å². The molecule has 1 aliphatic heterocycles. The summed E-state index contributed by atoms with van der Waals surface area (Å²) >= 11 is 0. The molecule has 1 saturated heterocycles. The van der Waals surface area contributed by atoms with Gasteiger partial charge < -0.3 is 9.51 Å². The number of hydrogen-bond donors (Lipinski definition) is 1. The largest absolute Gasteiger partial charge is 0.355 e. The van der Waals surface area contributed by atoms with E-state index in [4.69, 9.17) is 4.52 Å². The van der Waals surface area contributed by atoms with Crippen LogP contribution in [0.4, 0.5) is 4.39 Å². The van der Waals surface area contributed by atoms with Gasteiger partial charge in [-0.1, -0.05) is 25.1 Å². The van der Waals surface area contributed by atoms with Crippen LogP contribution in [0, 0.1) is 5.82 Å². The summed E-state index contributed by atoms with van der Waals surface area (Å²) in [6.45, 7) is 6.32. The van der Waals surface area contributed by atoms with Crippen LogP contribution in [0.1, 0.15) is 55.9 Å². The van der Waals surface area contributed by atoms with Gasteiger partial charge in [-0.3, -0.25) is 9.69 Å². The van der Waals surface area contributed by atoms with Gasteiger partial charge in [-0.2, -0.15) is 4.98 Å². The molecular formula is C20H23FN4O2. The third-order valence-corrected chi connectivity index (χ3v) is 5.09. The molecule has 27 heavy (non-hydrogen) atoms. The smallest absolute Gasteiger partial charge is 0.231 e. The quantitative estimate of drug-likeness (QED) is 0.760. The van der Waals surface area contributed by atoms with Crippen molar-refractivity contribution in [1.82, 2.24) is 20.0 Å². The lowest BCUT2D eigenvalue weighted by Gasteiger charge is -2.30. The Morgan fingerprint density at radius 2 is 2.26 bits per heavy atom. The Labute approximate surface area is 156 Å². The first-order chi connectivity index (χ1) is 13.0. The van der Waals surface area contributed by atoms with Crippen LogP contribution in [0.3, 0.4) is 0 Å². The normalized spacial score (nSPS) is 18.4. The van der Waals surface area contributed by atoms with E-state index >= 15 is 0 Å². The minimum atomic E-state index is -0.407. The molecular weight excluding hydrogens is 347 g/mol. The van der Waals surface area contributed by atoms with E-state index in [1.165, 1.54) is 6.07 Å². The summed E-state index contributed by atoms with van der Waals surface area (Å²) < 4.78 is 19.5. The van der Waals surface area contributed by atoms with Gasteiger partial charge in [-0.05, 0) is 31.5 Å². The molecule has 0 spiro atoms. The van der Waals surface area contributed by atoms with Gasteiger partial charge in [0.1, 0.15) is 5.82 Å². The van der Waals surface area contributed by atoms with E-state index in [1.54, 1.807) is 18.2 Å². The number of halogens is 1. The minimum Gasteiger partial charge on any atom is -0.355 e. The molecule has 3 aromatic rings. The highest BCUT2D eigenvalue weighted by atomic mass is 19.1. The number of para-hydroxylation sites is 1. The van der Waals surface area contributed by atoms with Crippen molar-refractivity contribution in [2.75, 3.05) is 13.1 Å². The standard InChI is InChI=1S/C20H23FN4O2/c1-12(2)19-23-20(27-24-19)13-5-4-8-25(10-13)11-14-9-17(26)15-6-3-7-16(21)18(15)22-14/h3,6-7,9,12-13H,4-5,8,10-11H2,1-2H3,(H,22,26). The second-order valence-electron chi connectivity index (χ2n) is 7.54. The molecule has 0 radical (unpaired) electrons. The van der Waals surface area contributed by atoms with Crippen molar-refractivity contribution in [1.29, 1.82) is 0 Å². The molecule has 1 aromatic carbocycles. The monoisotopic (exact) mass is 370 g/mol. The molecule has 0 amide bonds. The Kier molecular flexibility index (Phi) is 4.78. The molecule has 142 valence electrons. The summed E-state index contributed by atoms with van der Waals surface area (Å²) in [7, 11) is 0. The van der Waals surface area contributed by atoms with Gasteiger partial charge in [0, 0.05) is 36.2 Å². The van der Waals surface area contributed by atoms with E-state index in [9.17, 15) is 9.18 Å². The SMILES string of the molecule is CC(C)c1noc(C2CCCN(Cc3cc(=O)c4cccc(F)c4[nH]3)C2)n1. The fourth-order valence-electron chi connectivity index (χ4n) is 3.66. The average molecular weight is 370 g/mol. The number of rotatable bonds is 4. The molecule has 0 saturated carbocycles. The third-order valence-electron chi connectivity index (χ3n) is 5.09. The Bertz CT molecular complexity index is 1010. The Morgan fingerprint density at radius 1 is 1.41 bits per heavy atom. The van der Waals surface area contributed by atoms with Crippen LogP contribution in [-0.2, 0) is 6.54 Å². The number of aromatic amines is 1. The Morgan fingerprint density at radius 3 is 3.04 bits per heavy atom. The summed E-state index contributed by atoms with van der Waals surface area (Å²) in [5.74, 6) is 1.43. The van der Waals surface area contributed by atoms with Crippen molar-refractivity contribution in [2.45, 2.75) is 45.1 Å². The number of nitrogens with one attached hydrogen (secondary N) is 1. The highest BCUT2D eigenvalue weighted by Gasteiger charge is 2.26. The summed E-state index contributed by atoms with van der Waals surface area (Å²) in [5.41, 5.74) is 0.823. The van der Waals surface area contributed by atoms with Gasteiger partial charge in [-0.15, -0.1) is 0 Å². The summed E-state index contributed by atoms with van der Waals surface area (Å²) in [4.78, 5) is 22.2. The molecule has 3 heterocycles. The van der Waals surface area contributed by atoms with Gasteiger partial charge in [-0.25, -0.2) is 4.39 Å². The lowest BCUT2D eigenvalue weighted by atomic mass is 9.97. The van der Waals surface area contributed by atoms with E-state index in [1.807, 2.05) is 13.8 Å². The van der Waals surface area contributed by atoms with Gasteiger partial charge in [0.05, 0.1) is 11.4 Å². The lowest BCUT2D eigenvalue weighted by molar-refractivity contribution is 0.178. The zero-order valence-corrected chi connectivity index (χ0v) is 15.5. The van der Waals surface area contributed by atoms with Gasteiger partial charge in [0.15, 0.2) is 11.3 Å². The number of aromatic nitrogens is 3. The first-order valence-corrected chi connectivity index (χ1v) is 9.37. The molecule has 0 bridgehead atoms. The summed E-state index contributed by atoms with van der Waals surface area (Å²) in [6.07, 6.45) is 2.01. The van der Waals surface area contributed by atoms with Crippen LogP contribution in [-0.4, -0.2) is 33.1 Å². The first kappa shape index (κ1) is 17.9. The molecule has 6 nitrogen and oxygen atoms in total. The van der Waals surface area contributed by atoms with E-state index in [0.717, 1.165) is 31.8 Å². The number of hydrogen-bond acceptors (Lipinski definition) is 5. The van der Waals surface area contributed by atoms with Crippen molar-refractivity contribution in [3.63, 3.8) is 0 Å². The maximum Gasteiger partial charge on any atom is 0.231 e. The first-order valence-electron chi connectivity index (χ1n) is 9.37. The van der Waals surface area contributed by atoms with Crippen LogP contribution in [0.15, 0.2) is 33.6 Å². The van der Waals surface area contributed by atoms with Gasteiger partial charge in [0.25, 0.3) is 0 Å². The highest BCUT2D eigenvalue weighted by molar-refractivity contribution is 5.78. The van der Waals surface area contributed by atoms with Gasteiger partial charge in [0.2, 0.25) is 5.89 Å². The molecule has 1 N–H and O–H groups in total. The van der Waals surface area contributed by atoms with Crippen LogP contribution >= 0.6 is 0 Å². The van der Waals surface area contributed by atoms with E-state index in [-0.39, 0.29) is 22.8 Å². The summed E-state index contributed by atoms with van der Waals surface area (Å²) in [6, 6.07) is 6.12. The Balaban J connectivity index is 1.53. The maximum absolute atomic E-state index is 14.1. The average Bonchev–Trinajstić information content (AvgIpc) is 3.14. The van der Waals surface area contributed by atoms with Crippen molar-refractivity contribution in [2.24, 2.45) is 0 Å². The minimum absolute atomic E-state index is 0.162.